The van der Waals surface area contributed by atoms with Crippen LogP contribution in [0, 0.1) is 0 Å². The Morgan fingerprint density at radius 2 is 1.62 bits per heavy atom. The maximum atomic E-state index is 11.8. The molecule has 0 amide bonds. The zero-order chi connectivity index (χ0) is 13.0. The summed E-state index contributed by atoms with van der Waals surface area (Å²) in [7, 11) is -7.21. The van der Waals surface area contributed by atoms with Crippen LogP contribution in [0.1, 0.15) is 0 Å². The van der Waals surface area contributed by atoms with Crippen LogP contribution >= 0.6 is 7.60 Å². The molecular formula is C5H10F3O6PS. The minimum absolute atomic E-state index is 0.602. The molecule has 11 heteroatoms. The standard InChI is InChI=1S/C5H10F3O6PS/c1-12-15(9,13-2)4-3-14-16(10,11)5(6,7)8/h3-4H2,1-2H3. The highest BCUT2D eigenvalue weighted by atomic mass is 32.2. The number of hydrogen-bond acceptors (Lipinski definition) is 6. The van der Waals surface area contributed by atoms with Crippen LogP contribution in [0.3, 0.4) is 0 Å². The zero-order valence-electron chi connectivity index (χ0n) is 8.35. The predicted molar refractivity (Wildman–Crippen MR) is 47.4 cm³/mol. The first-order chi connectivity index (χ1) is 7.08. The Morgan fingerprint density at radius 1 is 1.19 bits per heavy atom. The van der Waals surface area contributed by atoms with Crippen molar-refractivity contribution in [2.24, 2.45) is 0 Å². The van der Waals surface area contributed by atoms with E-state index in [9.17, 15) is 26.2 Å². The Kier molecular flexibility index (Phi) is 5.40. The molecule has 0 heterocycles. The van der Waals surface area contributed by atoms with Crippen molar-refractivity contribution >= 4 is 17.7 Å². The third-order valence-corrected chi connectivity index (χ3v) is 4.33. The fourth-order valence-corrected chi connectivity index (χ4v) is 1.97. The quantitative estimate of drug-likeness (QED) is 0.416. The van der Waals surface area contributed by atoms with Crippen molar-refractivity contribution in [3.63, 3.8) is 0 Å². The molecule has 0 bridgehead atoms. The lowest BCUT2D eigenvalue weighted by atomic mass is 10.9. The molecule has 0 aliphatic carbocycles. The van der Waals surface area contributed by atoms with E-state index >= 15 is 0 Å². The van der Waals surface area contributed by atoms with E-state index in [-0.39, 0.29) is 0 Å². The number of halogens is 3. The molecule has 6 nitrogen and oxygen atoms in total. The molecule has 0 rings (SSSR count). The summed E-state index contributed by atoms with van der Waals surface area (Å²) in [4.78, 5) is 0. The lowest BCUT2D eigenvalue weighted by Gasteiger charge is -2.13. The third kappa shape index (κ3) is 4.38. The van der Waals surface area contributed by atoms with Gasteiger partial charge in [0.25, 0.3) is 0 Å². The van der Waals surface area contributed by atoms with E-state index in [1.165, 1.54) is 0 Å². The van der Waals surface area contributed by atoms with Crippen molar-refractivity contribution < 1.29 is 39.4 Å². The third-order valence-electron chi connectivity index (χ3n) is 1.44. The molecule has 0 aliphatic rings. The highest BCUT2D eigenvalue weighted by Gasteiger charge is 2.47. The van der Waals surface area contributed by atoms with Crippen molar-refractivity contribution in [1.82, 2.24) is 0 Å². The summed E-state index contributed by atoms with van der Waals surface area (Å²) in [6.07, 6.45) is -0.602. The van der Waals surface area contributed by atoms with E-state index in [1.54, 1.807) is 0 Å². The van der Waals surface area contributed by atoms with Gasteiger partial charge in [-0.25, -0.2) is 0 Å². The molecule has 0 saturated heterocycles. The molecule has 16 heavy (non-hydrogen) atoms. The first-order valence-electron chi connectivity index (χ1n) is 3.74. The molecule has 98 valence electrons. The maximum absolute atomic E-state index is 11.8. The van der Waals surface area contributed by atoms with Crippen LogP contribution in [0.2, 0.25) is 0 Å². The van der Waals surface area contributed by atoms with E-state index in [2.05, 4.69) is 13.2 Å². The monoisotopic (exact) mass is 286 g/mol. The van der Waals surface area contributed by atoms with Crippen LogP contribution < -0.4 is 0 Å². The van der Waals surface area contributed by atoms with Gasteiger partial charge in [-0.3, -0.25) is 8.75 Å². The van der Waals surface area contributed by atoms with Gasteiger partial charge in [-0.05, 0) is 0 Å². The van der Waals surface area contributed by atoms with Crippen LogP contribution in [0.5, 0.6) is 0 Å². The van der Waals surface area contributed by atoms with Crippen LogP contribution in [0.25, 0.3) is 0 Å². The first kappa shape index (κ1) is 15.9. The van der Waals surface area contributed by atoms with Crippen LogP contribution in [-0.4, -0.2) is 40.9 Å². The van der Waals surface area contributed by atoms with E-state index in [0.717, 1.165) is 14.2 Å². The summed E-state index contributed by atoms with van der Waals surface area (Å²) in [5, 5.41) is 0. The van der Waals surface area contributed by atoms with Crippen LogP contribution in [0.4, 0.5) is 13.2 Å². The largest absolute Gasteiger partial charge is 0.523 e. The van der Waals surface area contributed by atoms with Gasteiger partial charge in [0.1, 0.15) is 0 Å². The Labute approximate surface area is 90.3 Å². The average Bonchev–Trinajstić information content (AvgIpc) is 2.15. The van der Waals surface area contributed by atoms with Gasteiger partial charge >= 0.3 is 23.2 Å². The summed E-state index contributed by atoms with van der Waals surface area (Å²) < 4.78 is 79.7. The summed E-state index contributed by atoms with van der Waals surface area (Å²) in [6.45, 7) is -0.944. The van der Waals surface area contributed by atoms with E-state index in [0.29, 0.717) is 0 Å². The van der Waals surface area contributed by atoms with Gasteiger partial charge in [0.05, 0.1) is 12.8 Å². The van der Waals surface area contributed by atoms with Crippen LogP contribution in [0.15, 0.2) is 0 Å². The smallest absolute Gasteiger partial charge is 0.312 e. The number of hydrogen-bond donors (Lipinski definition) is 0. The Balaban J connectivity index is 4.35. The van der Waals surface area contributed by atoms with Crippen molar-refractivity contribution in [3.8, 4) is 0 Å². The van der Waals surface area contributed by atoms with Gasteiger partial charge in [-0.15, -0.1) is 0 Å². The fourth-order valence-electron chi connectivity index (χ4n) is 0.583. The lowest BCUT2D eigenvalue weighted by Crippen LogP contribution is -2.26. The summed E-state index contributed by atoms with van der Waals surface area (Å²) in [5.41, 5.74) is -5.50. The molecular weight excluding hydrogens is 276 g/mol. The van der Waals surface area contributed by atoms with E-state index < -0.39 is 36.0 Å². The second-order valence-electron chi connectivity index (χ2n) is 2.42. The average molecular weight is 286 g/mol. The van der Waals surface area contributed by atoms with Gasteiger partial charge < -0.3 is 9.05 Å². The summed E-state index contributed by atoms with van der Waals surface area (Å²) >= 11 is 0. The summed E-state index contributed by atoms with van der Waals surface area (Å²) in [6, 6.07) is 0. The highest BCUT2D eigenvalue weighted by Crippen LogP contribution is 2.45. The molecule has 0 spiro atoms. The topological polar surface area (TPSA) is 78.9 Å². The van der Waals surface area contributed by atoms with Gasteiger partial charge in [0.15, 0.2) is 0 Å². The molecule has 0 unspecified atom stereocenters. The molecule has 0 fully saturated rings. The van der Waals surface area contributed by atoms with Gasteiger partial charge in [0, 0.05) is 14.2 Å². The Bertz CT molecular complexity index is 355. The summed E-state index contributed by atoms with van der Waals surface area (Å²) in [5.74, 6) is 0. The molecule has 0 aromatic carbocycles. The SMILES string of the molecule is COP(=O)(CCOS(=O)(=O)C(F)(F)F)OC. The minimum atomic E-state index is -5.67. The predicted octanol–water partition coefficient (Wildman–Crippen LogP) is 1.34. The molecule has 0 radical (unpaired) electrons. The maximum Gasteiger partial charge on any atom is 0.523 e. The molecule has 0 atom stereocenters. The first-order valence-corrected chi connectivity index (χ1v) is 6.88. The number of alkyl halides is 3. The molecule has 0 saturated carbocycles. The molecule has 0 aromatic rings. The normalized spacial score (nSPS) is 14.1. The highest BCUT2D eigenvalue weighted by molar-refractivity contribution is 7.87. The van der Waals surface area contributed by atoms with Crippen molar-refractivity contribution in [1.29, 1.82) is 0 Å². The van der Waals surface area contributed by atoms with Crippen molar-refractivity contribution in [2.75, 3.05) is 27.0 Å². The number of rotatable bonds is 6. The van der Waals surface area contributed by atoms with E-state index in [1.807, 2.05) is 0 Å². The molecule has 0 aromatic heterocycles. The van der Waals surface area contributed by atoms with E-state index in [4.69, 9.17) is 0 Å². The van der Waals surface area contributed by atoms with Gasteiger partial charge in [-0.1, -0.05) is 0 Å². The van der Waals surface area contributed by atoms with Crippen molar-refractivity contribution in [2.45, 2.75) is 5.51 Å². The second kappa shape index (κ2) is 5.46. The molecule has 0 aliphatic heterocycles. The Hall–Kier alpha value is -0.150. The van der Waals surface area contributed by atoms with Gasteiger partial charge in [0.2, 0.25) is 0 Å². The van der Waals surface area contributed by atoms with Crippen LogP contribution in [-0.2, 0) is 27.9 Å². The fraction of sp³-hybridized carbons (Fsp3) is 1.00. The molecule has 0 N–H and O–H groups in total. The Morgan fingerprint density at radius 3 is 1.94 bits per heavy atom. The van der Waals surface area contributed by atoms with Gasteiger partial charge in [-0.2, -0.15) is 21.6 Å². The zero-order valence-corrected chi connectivity index (χ0v) is 10.1. The second-order valence-corrected chi connectivity index (χ2v) is 6.43. The minimum Gasteiger partial charge on any atom is -0.312 e. The van der Waals surface area contributed by atoms with Crippen molar-refractivity contribution in [3.05, 3.63) is 0 Å². The lowest BCUT2D eigenvalue weighted by molar-refractivity contribution is -0.0539.